The number of thioether (sulfide) groups is 1. The number of hydrogen-bond donors (Lipinski definition) is 0. The van der Waals surface area contributed by atoms with Crippen molar-refractivity contribution in [2.24, 2.45) is 0 Å². The van der Waals surface area contributed by atoms with E-state index in [1.165, 1.54) is 22.7 Å². The molecule has 7 nitrogen and oxygen atoms in total. The van der Waals surface area contributed by atoms with Gasteiger partial charge in [-0.05, 0) is 13.8 Å². The van der Waals surface area contributed by atoms with Crippen LogP contribution >= 0.6 is 24.0 Å². The summed E-state index contributed by atoms with van der Waals surface area (Å²) < 4.78 is 11.9. The maximum absolute atomic E-state index is 12.1. The maximum Gasteiger partial charge on any atom is 0.266 e. The number of anilines is 1. The van der Waals surface area contributed by atoms with Crippen molar-refractivity contribution >= 4 is 46.2 Å². The number of carbonyl (C=O) groups is 1. The number of amides is 1. The number of thiocarbonyl (C=S) groups is 1. The smallest absolute Gasteiger partial charge is 0.266 e. The lowest BCUT2D eigenvalue weighted by atomic mass is 10.2. The van der Waals surface area contributed by atoms with Crippen molar-refractivity contribution in [2.75, 3.05) is 25.0 Å². The predicted octanol–water partition coefficient (Wildman–Crippen LogP) is 1.99. The van der Waals surface area contributed by atoms with Crippen LogP contribution in [0.1, 0.15) is 25.4 Å². The van der Waals surface area contributed by atoms with Crippen LogP contribution in [0.2, 0.25) is 0 Å². The van der Waals surface area contributed by atoms with Crippen LogP contribution in [-0.4, -0.2) is 52.5 Å². The molecule has 0 unspecified atom stereocenters. The summed E-state index contributed by atoms with van der Waals surface area (Å²) in [6.07, 6.45) is 1.59. The summed E-state index contributed by atoms with van der Waals surface area (Å²) in [4.78, 5) is 20.0. The molecule has 3 heterocycles. The van der Waals surface area contributed by atoms with Crippen LogP contribution in [0.3, 0.4) is 0 Å². The van der Waals surface area contributed by atoms with E-state index in [0.29, 0.717) is 28.2 Å². The molecule has 1 aromatic rings. The third-order valence-electron chi connectivity index (χ3n) is 3.68. The molecule has 0 N–H and O–H groups in total. The molecular formula is C15H16N4O3S2. The predicted molar refractivity (Wildman–Crippen MR) is 94.4 cm³/mol. The Labute approximate surface area is 149 Å². The van der Waals surface area contributed by atoms with E-state index < -0.39 is 0 Å². The molecule has 0 saturated carbocycles. The van der Waals surface area contributed by atoms with Gasteiger partial charge in [0.25, 0.3) is 5.91 Å². The number of ether oxygens (including phenoxy) is 1. The summed E-state index contributed by atoms with van der Waals surface area (Å²) >= 11 is 6.28. The van der Waals surface area contributed by atoms with Crippen LogP contribution in [0.4, 0.5) is 5.88 Å². The Balaban J connectivity index is 1.90. The summed E-state index contributed by atoms with van der Waals surface area (Å²) in [6, 6.07) is 2.05. The number of nitriles is 1. The van der Waals surface area contributed by atoms with Crippen molar-refractivity contribution in [1.82, 2.24) is 9.88 Å². The van der Waals surface area contributed by atoms with E-state index >= 15 is 0 Å². The maximum atomic E-state index is 12.1. The number of likely N-dealkylation sites (N-methyl/N-ethyl adjacent to an activating group) is 1. The molecule has 2 atom stereocenters. The van der Waals surface area contributed by atoms with Crippen molar-refractivity contribution in [3.8, 4) is 6.07 Å². The standard InChI is InChI=1S/C15H16N4O3S2/c1-8-6-19(7-9(2)21-8)14-10(5-16)17-12(22-14)4-11-13(20)18(3)15(23)24-11/h4,8-9H,6-7H2,1-3H3/b11-4+/t8-,9-/m0/s1. The van der Waals surface area contributed by atoms with Crippen LogP contribution in [0.25, 0.3) is 6.08 Å². The van der Waals surface area contributed by atoms with Gasteiger partial charge in [0.05, 0.1) is 17.1 Å². The first-order chi connectivity index (χ1) is 11.4. The molecule has 0 aliphatic carbocycles. The second-order valence-corrected chi connectivity index (χ2v) is 7.40. The molecule has 1 amide bonds. The molecule has 24 heavy (non-hydrogen) atoms. The third kappa shape index (κ3) is 3.17. The van der Waals surface area contributed by atoms with E-state index in [9.17, 15) is 10.1 Å². The normalized spacial score (nSPS) is 26.3. The van der Waals surface area contributed by atoms with Gasteiger partial charge in [-0.3, -0.25) is 9.69 Å². The minimum atomic E-state index is -0.197. The second kappa shape index (κ2) is 6.55. The Bertz CT molecular complexity index is 757. The van der Waals surface area contributed by atoms with Crippen LogP contribution in [0.5, 0.6) is 0 Å². The van der Waals surface area contributed by atoms with Crippen LogP contribution < -0.4 is 4.90 Å². The van der Waals surface area contributed by atoms with Crippen molar-refractivity contribution in [3.63, 3.8) is 0 Å². The highest BCUT2D eigenvalue weighted by molar-refractivity contribution is 8.26. The lowest BCUT2D eigenvalue weighted by Gasteiger charge is -2.34. The molecule has 9 heteroatoms. The minimum absolute atomic E-state index is 0.0326. The molecule has 2 fully saturated rings. The van der Waals surface area contributed by atoms with Gasteiger partial charge < -0.3 is 14.1 Å². The SMILES string of the molecule is C[C@H]1CN(c2oc(/C=C3/SC(=S)N(C)C3=O)nc2C#N)C[C@H](C)O1. The minimum Gasteiger partial charge on any atom is -0.420 e. The first-order valence-corrected chi connectivity index (χ1v) is 8.64. The third-order valence-corrected chi connectivity index (χ3v) is 5.16. The first-order valence-electron chi connectivity index (χ1n) is 7.42. The van der Waals surface area contributed by atoms with Crippen LogP contribution in [0.15, 0.2) is 9.32 Å². The molecule has 0 radical (unpaired) electrons. The van der Waals surface area contributed by atoms with Crippen LogP contribution in [0, 0.1) is 11.3 Å². The summed E-state index contributed by atoms with van der Waals surface area (Å²) in [5, 5.41) is 9.34. The molecule has 2 aliphatic heterocycles. The highest BCUT2D eigenvalue weighted by atomic mass is 32.2. The number of carbonyl (C=O) groups excluding carboxylic acids is 1. The number of aromatic nitrogens is 1. The molecule has 1 aromatic heterocycles. The monoisotopic (exact) mass is 364 g/mol. The number of rotatable bonds is 2. The fourth-order valence-corrected chi connectivity index (χ4v) is 3.82. The average molecular weight is 364 g/mol. The largest absolute Gasteiger partial charge is 0.420 e. The molecule has 2 saturated heterocycles. The first kappa shape index (κ1) is 17.0. The van der Waals surface area contributed by atoms with Gasteiger partial charge in [-0.2, -0.15) is 10.2 Å². The topological polar surface area (TPSA) is 82.6 Å². The van der Waals surface area contributed by atoms with Crippen molar-refractivity contribution in [1.29, 1.82) is 5.26 Å². The van der Waals surface area contributed by atoms with E-state index in [2.05, 4.69) is 11.1 Å². The lowest BCUT2D eigenvalue weighted by Crippen LogP contribution is -2.45. The molecule has 0 spiro atoms. The molecular weight excluding hydrogens is 348 g/mol. The summed E-state index contributed by atoms with van der Waals surface area (Å²) in [5.41, 5.74) is 0.203. The fraction of sp³-hybridized carbons (Fsp3) is 0.467. The highest BCUT2D eigenvalue weighted by Crippen LogP contribution is 2.33. The molecule has 0 aromatic carbocycles. The molecule has 0 bridgehead atoms. The molecule has 3 rings (SSSR count). The van der Waals surface area contributed by atoms with Crippen molar-refractivity contribution in [2.45, 2.75) is 26.1 Å². The lowest BCUT2D eigenvalue weighted by molar-refractivity contribution is -0.121. The number of oxazole rings is 1. The zero-order valence-electron chi connectivity index (χ0n) is 13.5. The van der Waals surface area contributed by atoms with Crippen molar-refractivity contribution < 1.29 is 13.9 Å². The molecule has 2 aliphatic rings. The highest BCUT2D eigenvalue weighted by Gasteiger charge is 2.31. The quantitative estimate of drug-likeness (QED) is 0.582. The Morgan fingerprint density at radius 2 is 2.08 bits per heavy atom. The summed E-state index contributed by atoms with van der Waals surface area (Å²) in [5.74, 6) is 0.442. The second-order valence-electron chi connectivity index (χ2n) is 5.72. The van der Waals surface area contributed by atoms with E-state index in [-0.39, 0.29) is 29.7 Å². The van der Waals surface area contributed by atoms with Gasteiger partial charge in [-0.1, -0.05) is 24.0 Å². The van der Waals surface area contributed by atoms with Crippen molar-refractivity contribution in [3.05, 3.63) is 16.5 Å². The van der Waals surface area contributed by atoms with Gasteiger partial charge in [0.15, 0.2) is 0 Å². The Hall–Kier alpha value is -1.89. The Kier molecular flexibility index (Phi) is 4.62. The molecule has 126 valence electrons. The Morgan fingerprint density at radius 1 is 1.42 bits per heavy atom. The van der Waals surface area contributed by atoms with Crippen LogP contribution in [-0.2, 0) is 9.53 Å². The van der Waals surface area contributed by atoms with Gasteiger partial charge in [-0.25, -0.2) is 0 Å². The zero-order chi connectivity index (χ0) is 17.4. The number of hydrogen-bond acceptors (Lipinski definition) is 8. The van der Waals surface area contributed by atoms with E-state index in [4.69, 9.17) is 21.4 Å². The Morgan fingerprint density at radius 3 is 2.62 bits per heavy atom. The van der Waals surface area contributed by atoms with Gasteiger partial charge in [-0.15, -0.1) is 0 Å². The van der Waals surface area contributed by atoms with Gasteiger partial charge in [0.1, 0.15) is 10.4 Å². The van der Waals surface area contributed by atoms with Gasteiger partial charge in [0, 0.05) is 26.2 Å². The summed E-state index contributed by atoms with van der Waals surface area (Å²) in [7, 11) is 1.62. The van der Waals surface area contributed by atoms with Gasteiger partial charge in [0.2, 0.25) is 17.5 Å². The van der Waals surface area contributed by atoms with E-state index in [0.717, 1.165) is 0 Å². The number of nitrogens with zero attached hydrogens (tertiary/aromatic N) is 4. The van der Waals surface area contributed by atoms with Gasteiger partial charge >= 0.3 is 0 Å². The summed E-state index contributed by atoms with van der Waals surface area (Å²) in [6.45, 7) is 5.17. The van der Waals surface area contributed by atoms with E-state index in [1.807, 2.05) is 18.7 Å². The van der Waals surface area contributed by atoms with E-state index in [1.54, 1.807) is 7.05 Å². The number of morpholine rings is 1. The zero-order valence-corrected chi connectivity index (χ0v) is 15.1. The fourth-order valence-electron chi connectivity index (χ4n) is 2.68. The average Bonchev–Trinajstić information content (AvgIpc) is 3.04.